The van der Waals surface area contributed by atoms with Crippen molar-refractivity contribution < 1.29 is 13.6 Å². The van der Waals surface area contributed by atoms with Crippen LogP contribution in [0.5, 0.6) is 0 Å². The van der Waals surface area contributed by atoms with Gasteiger partial charge in [-0.25, -0.2) is 8.78 Å². The second kappa shape index (κ2) is 5.83. The number of carbonyl (C=O) groups excluding carboxylic acids is 1. The Bertz CT molecular complexity index is 628. The first-order valence-electron chi connectivity index (χ1n) is 5.19. The predicted molar refractivity (Wildman–Crippen MR) is 78.5 cm³/mol. The SMILES string of the molecule is O=C(Nc1ccc(Cl)cc1I)c1c(F)cccc1F. The van der Waals surface area contributed by atoms with E-state index < -0.39 is 23.1 Å². The van der Waals surface area contributed by atoms with Crippen LogP contribution in [0.2, 0.25) is 5.02 Å². The molecule has 0 aromatic heterocycles. The minimum absolute atomic E-state index is 0.442. The molecule has 2 aromatic rings. The minimum Gasteiger partial charge on any atom is -0.321 e. The summed E-state index contributed by atoms with van der Waals surface area (Å²) in [5.41, 5.74) is -0.161. The van der Waals surface area contributed by atoms with Gasteiger partial charge in [0.2, 0.25) is 0 Å². The van der Waals surface area contributed by atoms with Gasteiger partial charge in [0.1, 0.15) is 17.2 Å². The maximum atomic E-state index is 13.4. The molecule has 6 heteroatoms. The summed E-state index contributed by atoms with van der Waals surface area (Å²) in [7, 11) is 0. The summed E-state index contributed by atoms with van der Waals surface area (Å²) in [6, 6.07) is 8.05. The molecule has 0 saturated heterocycles. The fourth-order valence-corrected chi connectivity index (χ4v) is 2.50. The van der Waals surface area contributed by atoms with E-state index in [1.165, 1.54) is 6.07 Å². The normalized spacial score (nSPS) is 10.3. The molecule has 0 aliphatic rings. The molecule has 0 saturated carbocycles. The Morgan fingerprint density at radius 2 is 1.79 bits per heavy atom. The fraction of sp³-hybridized carbons (Fsp3) is 0. The average molecular weight is 394 g/mol. The van der Waals surface area contributed by atoms with E-state index in [0.717, 1.165) is 12.1 Å². The van der Waals surface area contributed by atoms with Crippen molar-refractivity contribution in [3.8, 4) is 0 Å². The number of carbonyl (C=O) groups is 1. The van der Waals surface area contributed by atoms with Crippen LogP contribution < -0.4 is 5.32 Å². The molecule has 98 valence electrons. The summed E-state index contributed by atoms with van der Waals surface area (Å²) in [6.07, 6.45) is 0. The molecule has 0 atom stereocenters. The molecule has 1 N–H and O–H groups in total. The minimum atomic E-state index is -0.901. The van der Waals surface area contributed by atoms with Crippen molar-refractivity contribution in [1.29, 1.82) is 0 Å². The van der Waals surface area contributed by atoms with E-state index in [9.17, 15) is 13.6 Å². The van der Waals surface area contributed by atoms with Crippen LogP contribution in [0.1, 0.15) is 10.4 Å². The molecule has 2 nitrogen and oxygen atoms in total. The van der Waals surface area contributed by atoms with Crippen molar-refractivity contribution in [2.75, 3.05) is 5.32 Å². The Labute approximate surface area is 126 Å². The summed E-state index contributed by atoms with van der Waals surface area (Å²) >= 11 is 7.75. The second-order valence-electron chi connectivity index (χ2n) is 3.67. The van der Waals surface area contributed by atoms with E-state index in [4.69, 9.17) is 11.6 Å². The highest BCUT2D eigenvalue weighted by molar-refractivity contribution is 14.1. The summed E-state index contributed by atoms with van der Waals surface area (Å²) in [4.78, 5) is 11.9. The van der Waals surface area contributed by atoms with Gasteiger partial charge in [0.05, 0.1) is 5.69 Å². The van der Waals surface area contributed by atoms with Crippen molar-refractivity contribution >= 4 is 45.8 Å². The second-order valence-corrected chi connectivity index (χ2v) is 5.27. The standard InChI is InChI=1S/C13H7ClF2INO/c14-7-4-5-11(10(17)6-7)18-13(19)12-8(15)2-1-3-9(12)16/h1-6H,(H,18,19). The Morgan fingerprint density at radius 1 is 1.16 bits per heavy atom. The lowest BCUT2D eigenvalue weighted by Crippen LogP contribution is -2.16. The number of benzene rings is 2. The highest BCUT2D eigenvalue weighted by atomic mass is 127. The lowest BCUT2D eigenvalue weighted by atomic mass is 10.2. The zero-order valence-corrected chi connectivity index (χ0v) is 12.3. The van der Waals surface area contributed by atoms with E-state index >= 15 is 0 Å². The first-order valence-corrected chi connectivity index (χ1v) is 6.65. The molecular weight excluding hydrogens is 387 g/mol. The Kier molecular flexibility index (Phi) is 4.36. The molecule has 19 heavy (non-hydrogen) atoms. The van der Waals surface area contributed by atoms with Gasteiger partial charge in [-0.1, -0.05) is 17.7 Å². The van der Waals surface area contributed by atoms with Crippen LogP contribution in [0.15, 0.2) is 36.4 Å². The summed E-state index contributed by atoms with van der Waals surface area (Å²) in [5.74, 6) is -2.64. The molecule has 0 unspecified atom stereocenters. The number of anilines is 1. The van der Waals surface area contributed by atoms with E-state index in [0.29, 0.717) is 14.3 Å². The first kappa shape index (κ1) is 14.2. The number of amides is 1. The molecule has 1 amide bonds. The van der Waals surface area contributed by atoms with Gasteiger partial charge >= 0.3 is 0 Å². The molecular formula is C13H7ClF2INO. The lowest BCUT2D eigenvalue weighted by Gasteiger charge is -2.09. The summed E-state index contributed by atoms with van der Waals surface area (Å²) in [6.45, 7) is 0. The summed E-state index contributed by atoms with van der Waals surface area (Å²) in [5, 5.41) is 2.96. The van der Waals surface area contributed by atoms with Gasteiger partial charge < -0.3 is 5.32 Å². The van der Waals surface area contributed by atoms with Crippen LogP contribution >= 0.6 is 34.2 Å². The smallest absolute Gasteiger partial charge is 0.261 e. The maximum absolute atomic E-state index is 13.4. The third kappa shape index (κ3) is 3.22. The van der Waals surface area contributed by atoms with E-state index in [-0.39, 0.29) is 0 Å². The van der Waals surface area contributed by atoms with Crippen LogP contribution in [0.3, 0.4) is 0 Å². The maximum Gasteiger partial charge on any atom is 0.261 e. The topological polar surface area (TPSA) is 29.1 Å². The van der Waals surface area contributed by atoms with Gasteiger partial charge in [0.15, 0.2) is 0 Å². The molecule has 0 aliphatic heterocycles. The molecule has 0 aliphatic carbocycles. The van der Waals surface area contributed by atoms with Crippen LogP contribution in [0, 0.1) is 15.2 Å². The molecule has 0 radical (unpaired) electrons. The largest absolute Gasteiger partial charge is 0.321 e. The number of halogens is 4. The van der Waals surface area contributed by atoms with Gasteiger partial charge in [-0.05, 0) is 52.9 Å². The van der Waals surface area contributed by atoms with Crippen molar-refractivity contribution in [2.45, 2.75) is 0 Å². The number of hydrogen-bond donors (Lipinski definition) is 1. The monoisotopic (exact) mass is 393 g/mol. The van der Waals surface area contributed by atoms with Crippen molar-refractivity contribution in [1.82, 2.24) is 0 Å². The lowest BCUT2D eigenvalue weighted by molar-refractivity contribution is 0.101. The molecule has 2 rings (SSSR count). The number of rotatable bonds is 2. The van der Waals surface area contributed by atoms with E-state index in [1.54, 1.807) is 18.2 Å². The third-order valence-corrected chi connectivity index (χ3v) is 3.50. The van der Waals surface area contributed by atoms with Gasteiger partial charge in [0, 0.05) is 8.59 Å². The zero-order valence-electron chi connectivity index (χ0n) is 9.38. The van der Waals surface area contributed by atoms with Crippen molar-refractivity contribution in [3.05, 3.63) is 62.2 Å². The Hall–Kier alpha value is -1.21. The quantitative estimate of drug-likeness (QED) is 0.749. The summed E-state index contributed by atoms with van der Waals surface area (Å²) < 4.78 is 27.6. The molecule has 0 heterocycles. The average Bonchev–Trinajstić information content (AvgIpc) is 2.32. The number of hydrogen-bond acceptors (Lipinski definition) is 1. The first-order chi connectivity index (χ1) is 8.99. The Morgan fingerprint density at radius 3 is 2.37 bits per heavy atom. The van der Waals surface area contributed by atoms with Gasteiger partial charge in [-0.3, -0.25) is 4.79 Å². The predicted octanol–water partition coefficient (Wildman–Crippen LogP) is 4.48. The van der Waals surface area contributed by atoms with Gasteiger partial charge in [0.25, 0.3) is 5.91 Å². The number of nitrogens with one attached hydrogen (secondary N) is 1. The van der Waals surface area contributed by atoms with Crippen LogP contribution in [-0.4, -0.2) is 5.91 Å². The third-order valence-electron chi connectivity index (χ3n) is 2.37. The van der Waals surface area contributed by atoms with Crippen LogP contribution in [-0.2, 0) is 0 Å². The van der Waals surface area contributed by atoms with E-state index in [2.05, 4.69) is 5.32 Å². The van der Waals surface area contributed by atoms with Gasteiger partial charge in [-0.2, -0.15) is 0 Å². The molecule has 2 aromatic carbocycles. The highest BCUT2D eigenvalue weighted by Crippen LogP contribution is 2.23. The fourth-order valence-electron chi connectivity index (χ4n) is 1.49. The Balaban J connectivity index is 2.31. The molecule has 0 spiro atoms. The van der Waals surface area contributed by atoms with Crippen molar-refractivity contribution in [3.63, 3.8) is 0 Å². The highest BCUT2D eigenvalue weighted by Gasteiger charge is 2.17. The van der Waals surface area contributed by atoms with E-state index in [1.807, 2.05) is 22.6 Å². The zero-order chi connectivity index (χ0) is 14.0. The van der Waals surface area contributed by atoms with Crippen LogP contribution in [0.25, 0.3) is 0 Å². The van der Waals surface area contributed by atoms with Gasteiger partial charge in [-0.15, -0.1) is 0 Å². The molecule has 0 bridgehead atoms. The molecule has 0 fully saturated rings. The van der Waals surface area contributed by atoms with Crippen molar-refractivity contribution in [2.24, 2.45) is 0 Å². The van der Waals surface area contributed by atoms with Crippen LogP contribution in [0.4, 0.5) is 14.5 Å².